The summed E-state index contributed by atoms with van der Waals surface area (Å²) in [5.41, 5.74) is 2.68. The van der Waals surface area contributed by atoms with Crippen LogP contribution in [0.2, 0.25) is 0 Å². The molecule has 2 aliphatic heterocycles. The molecule has 13 heteroatoms. The third-order valence-corrected chi connectivity index (χ3v) is 13.0. The minimum absolute atomic E-state index is 0. The molecule has 2 spiro atoms. The fraction of sp³-hybridized carbons (Fsp3) is 0.411. The number of ether oxygens (including phenoxy) is 1. The number of rotatable bonds is 6. The van der Waals surface area contributed by atoms with E-state index in [1.807, 2.05) is 72.8 Å². The van der Waals surface area contributed by atoms with Gasteiger partial charge in [0.25, 0.3) is 5.91 Å². The number of hydrogen-bond donors (Lipinski definition) is 4. The number of para-hydroxylation sites is 2. The first-order valence-corrected chi connectivity index (χ1v) is 24.2. The molecule has 9 rings (SSSR count). The molecule has 2 saturated heterocycles. The molecular formula is C56H68N6NiO6. The molecule has 0 atom stereocenters. The Bertz CT molecular complexity index is 2480. The molecule has 4 aromatic carbocycles. The van der Waals surface area contributed by atoms with Crippen LogP contribution in [0.25, 0.3) is 11.4 Å². The SMILES string of the molecule is CC1(C)CC2(CC(C)(C)N1)OC1(CCCCCCCCCCC1)NC2=O.Cc1nn(-c2ccccc2)c(O)c1C(=O)c1ccccc1.Cc1nn(-c2ccccc2)c(O)c1C(=O)c1ccccc1.[Ni]. The van der Waals surface area contributed by atoms with E-state index >= 15 is 0 Å². The second-order valence-electron chi connectivity index (χ2n) is 19.9. The molecule has 3 fully saturated rings. The number of aryl methyl sites for hydroxylation is 2. The Morgan fingerprint density at radius 1 is 0.551 bits per heavy atom. The van der Waals surface area contributed by atoms with Gasteiger partial charge in [-0.2, -0.15) is 10.2 Å². The summed E-state index contributed by atoms with van der Waals surface area (Å²) in [4.78, 5) is 38.2. The number of hydrogen-bond acceptors (Lipinski definition) is 9. The van der Waals surface area contributed by atoms with Crippen molar-refractivity contribution < 1.29 is 45.8 Å². The molecule has 1 amide bonds. The van der Waals surface area contributed by atoms with Gasteiger partial charge in [0.05, 0.1) is 22.8 Å². The van der Waals surface area contributed by atoms with Crippen LogP contribution < -0.4 is 10.6 Å². The average Bonchev–Trinajstić information content (AvgIpc) is 3.88. The van der Waals surface area contributed by atoms with Crippen LogP contribution in [0.15, 0.2) is 121 Å². The molecule has 2 aromatic heterocycles. The largest absolute Gasteiger partial charge is 0.493 e. The maximum absolute atomic E-state index is 13.2. The summed E-state index contributed by atoms with van der Waals surface area (Å²) >= 11 is 0. The molecular weight excluding hydrogens is 911 g/mol. The Hall–Kier alpha value is -5.88. The summed E-state index contributed by atoms with van der Waals surface area (Å²) < 4.78 is 9.57. The van der Waals surface area contributed by atoms with Crippen LogP contribution in [0, 0.1) is 13.8 Å². The predicted octanol–water partition coefficient (Wildman–Crippen LogP) is 11.0. The summed E-state index contributed by atoms with van der Waals surface area (Å²) in [5.74, 6) is -0.590. The van der Waals surface area contributed by atoms with Crippen molar-refractivity contribution in [1.29, 1.82) is 0 Å². The molecule has 0 unspecified atom stereocenters. The van der Waals surface area contributed by atoms with E-state index < -0.39 is 11.3 Å². The van der Waals surface area contributed by atoms with Crippen molar-refractivity contribution in [2.24, 2.45) is 0 Å². The molecule has 3 aliphatic rings. The Balaban J connectivity index is 0.000000170. The number of nitrogens with one attached hydrogen (secondary N) is 2. The zero-order valence-corrected chi connectivity index (χ0v) is 41.9. The number of carbonyl (C=O) groups excluding carboxylic acids is 3. The number of aromatic nitrogens is 4. The van der Waals surface area contributed by atoms with Crippen LogP contribution in [0.5, 0.6) is 11.8 Å². The standard InChI is InChI=1S/C22H40N2O2.2C17H14N2O2.Ni/c1-19(2)16-21(17-20(3,4)24-19)18(25)23-22(26-21)14-12-10-8-6-5-7-9-11-13-15-22;2*1-12-15(16(20)13-8-4-2-5-9-13)17(21)19(18-12)14-10-6-3-7-11-14;/h24H,5-17H2,1-4H3,(H,23,25);2*2-11,21H,1H3;. The second kappa shape index (κ2) is 22.7. The van der Waals surface area contributed by atoms with Crippen molar-refractivity contribution in [1.82, 2.24) is 30.2 Å². The summed E-state index contributed by atoms with van der Waals surface area (Å²) in [7, 11) is 0. The van der Waals surface area contributed by atoms with E-state index in [1.165, 1.54) is 54.3 Å². The fourth-order valence-electron chi connectivity index (χ4n) is 10.4. The van der Waals surface area contributed by atoms with E-state index in [0.717, 1.165) is 38.5 Å². The van der Waals surface area contributed by atoms with Crippen molar-refractivity contribution in [2.45, 2.75) is 147 Å². The van der Waals surface area contributed by atoms with E-state index in [-0.39, 0.29) is 67.9 Å². The molecule has 0 radical (unpaired) electrons. The van der Waals surface area contributed by atoms with E-state index in [9.17, 15) is 24.6 Å². The number of benzene rings is 4. The third kappa shape index (κ3) is 12.7. The predicted molar refractivity (Wildman–Crippen MR) is 266 cm³/mol. The third-order valence-electron chi connectivity index (χ3n) is 13.0. The van der Waals surface area contributed by atoms with Gasteiger partial charge in [-0.15, -0.1) is 0 Å². The number of ketones is 2. The van der Waals surface area contributed by atoms with Crippen LogP contribution in [0.4, 0.5) is 0 Å². The van der Waals surface area contributed by atoms with Crippen molar-refractivity contribution in [2.75, 3.05) is 0 Å². The Morgan fingerprint density at radius 2 is 0.884 bits per heavy atom. The molecule has 12 nitrogen and oxygen atoms in total. The van der Waals surface area contributed by atoms with Gasteiger partial charge < -0.3 is 25.6 Å². The normalized spacial score (nSPS) is 18.1. The summed E-state index contributed by atoms with van der Waals surface area (Å²) in [6.45, 7) is 12.2. The molecule has 4 heterocycles. The van der Waals surface area contributed by atoms with Crippen LogP contribution in [-0.2, 0) is 26.0 Å². The molecule has 6 aromatic rings. The minimum atomic E-state index is -0.671. The van der Waals surface area contributed by atoms with Gasteiger partial charge in [0.15, 0.2) is 17.2 Å². The zero-order valence-electron chi connectivity index (χ0n) is 40.9. The molecule has 1 saturated carbocycles. The molecule has 69 heavy (non-hydrogen) atoms. The minimum Gasteiger partial charge on any atom is -0.493 e. The van der Waals surface area contributed by atoms with Crippen LogP contribution in [0.1, 0.15) is 154 Å². The van der Waals surface area contributed by atoms with Gasteiger partial charge in [0.2, 0.25) is 11.8 Å². The quantitative estimate of drug-likeness (QED) is 0.0941. The van der Waals surface area contributed by atoms with Gasteiger partial charge in [-0.25, -0.2) is 9.36 Å². The van der Waals surface area contributed by atoms with Crippen LogP contribution in [-0.4, -0.2) is 69.7 Å². The Kier molecular flexibility index (Phi) is 17.3. The van der Waals surface area contributed by atoms with Gasteiger partial charge in [-0.1, -0.05) is 142 Å². The Morgan fingerprint density at radius 3 is 1.25 bits per heavy atom. The van der Waals surface area contributed by atoms with E-state index in [1.54, 1.807) is 62.4 Å². The van der Waals surface area contributed by atoms with Crippen molar-refractivity contribution in [3.05, 3.63) is 155 Å². The topological polar surface area (TPSA) is 161 Å². The first-order valence-electron chi connectivity index (χ1n) is 24.2. The first-order chi connectivity index (χ1) is 32.5. The number of piperidine rings is 1. The van der Waals surface area contributed by atoms with E-state index in [0.29, 0.717) is 33.9 Å². The molecule has 0 bridgehead atoms. The van der Waals surface area contributed by atoms with Crippen molar-refractivity contribution in [3.63, 3.8) is 0 Å². The van der Waals surface area contributed by atoms with Gasteiger partial charge in [-0.05, 0) is 91.5 Å². The fourth-order valence-corrected chi connectivity index (χ4v) is 10.4. The maximum Gasteiger partial charge on any atom is 0.254 e. The molecule has 1 aliphatic carbocycles. The monoisotopic (exact) mass is 978 g/mol. The van der Waals surface area contributed by atoms with Crippen molar-refractivity contribution in [3.8, 4) is 23.1 Å². The number of amides is 1. The second-order valence-corrected chi connectivity index (χ2v) is 19.9. The summed E-state index contributed by atoms with van der Waals surface area (Å²) in [5, 5.41) is 36.4. The number of nitrogens with zero attached hydrogens (tertiary/aromatic N) is 4. The first kappa shape index (κ1) is 52.5. The average molecular weight is 980 g/mol. The summed E-state index contributed by atoms with van der Waals surface area (Å²) in [6.07, 6.45) is 15.0. The van der Waals surface area contributed by atoms with Crippen LogP contribution >= 0.6 is 0 Å². The van der Waals surface area contributed by atoms with Crippen LogP contribution in [0.3, 0.4) is 0 Å². The van der Waals surface area contributed by atoms with E-state index in [4.69, 9.17) is 4.74 Å². The smallest absolute Gasteiger partial charge is 0.254 e. The van der Waals surface area contributed by atoms with E-state index in [2.05, 4.69) is 48.5 Å². The van der Waals surface area contributed by atoms with Gasteiger partial charge >= 0.3 is 0 Å². The zero-order chi connectivity index (χ0) is 48.5. The maximum atomic E-state index is 13.2. The molecule has 4 N–H and O–H groups in total. The number of aromatic hydroxyl groups is 2. The van der Waals surface area contributed by atoms with Crippen molar-refractivity contribution >= 4 is 17.5 Å². The van der Waals surface area contributed by atoms with Gasteiger partial charge in [0, 0.05) is 51.5 Å². The van der Waals surface area contributed by atoms with Gasteiger partial charge in [0.1, 0.15) is 16.9 Å². The Labute approximate surface area is 417 Å². The number of carbonyl (C=O) groups is 3. The van der Waals surface area contributed by atoms with Gasteiger partial charge in [-0.3, -0.25) is 14.4 Å². The molecule has 368 valence electrons. The summed E-state index contributed by atoms with van der Waals surface area (Å²) in [6, 6.07) is 36.2.